The molecule has 0 spiro atoms. The van der Waals surface area contributed by atoms with Gasteiger partial charge in [-0.2, -0.15) is 0 Å². The Bertz CT molecular complexity index is 402. The van der Waals surface area contributed by atoms with Crippen LogP contribution in [0.15, 0.2) is 0 Å². The predicted octanol–water partition coefficient (Wildman–Crippen LogP) is 1.27. The fraction of sp³-hybridized carbons (Fsp3) is 0.875. The number of likely N-dealkylation sites (tertiary alicyclic amines) is 1. The highest BCUT2D eigenvalue weighted by Crippen LogP contribution is 2.32. The summed E-state index contributed by atoms with van der Waals surface area (Å²) in [5.41, 5.74) is 6.08. The molecule has 21 heavy (non-hydrogen) atoms. The zero-order valence-electron chi connectivity index (χ0n) is 13.5. The van der Waals surface area contributed by atoms with Crippen LogP contribution in [0, 0.1) is 11.3 Å². The van der Waals surface area contributed by atoms with Crippen molar-refractivity contribution >= 4 is 11.8 Å². The summed E-state index contributed by atoms with van der Waals surface area (Å²) >= 11 is 0. The Morgan fingerprint density at radius 3 is 2.38 bits per heavy atom. The second-order valence-electron chi connectivity index (χ2n) is 7.37. The van der Waals surface area contributed by atoms with Gasteiger partial charge >= 0.3 is 0 Å². The maximum Gasteiger partial charge on any atom is 0.245 e. The number of carbonyl (C=O) groups is 2. The largest absolute Gasteiger partial charge is 0.344 e. The van der Waals surface area contributed by atoms with Crippen molar-refractivity contribution in [3.8, 4) is 0 Å². The lowest BCUT2D eigenvalue weighted by Crippen LogP contribution is -2.59. The van der Waals surface area contributed by atoms with E-state index in [9.17, 15) is 9.59 Å². The molecule has 1 heterocycles. The Morgan fingerprint density at radius 2 is 1.86 bits per heavy atom. The molecule has 5 heteroatoms. The monoisotopic (exact) mass is 295 g/mol. The Labute approximate surface area is 127 Å². The normalized spacial score (nSPS) is 27.4. The van der Waals surface area contributed by atoms with E-state index in [1.165, 1.54) is 6.92 Å². The molecular formula is C16H29N3O2. The van der Waals surface area contributed by atoms with Crippen molar-refractivity contribution in [2.45, 2.75) is 65.0 Å². The van der Waals surface area contributed by atoms with Gasteiger partial charge in [-0.15, -0.1) is 0 Å². The Kier molecular flexibility index (Phi) is 4.91. The summed E-state index contributed by atoms with van der Waals surface area (Å²) in [6.07, 6.45) is 5.21. The van der Waals surface area contributed by atoms with Crippen LogP contribution in [0.1, 0.15) is 52.9 Å². The minimum absolute atomic E-state index is 0.0651. The van der Waals surface area contributed by atoms with E-state index in [4.69, 9.17) is 5.73 Å². The molecular weight excluding hydrogens is 266 g/mol. The van der Waals surface area contributed by atoms with E-state index in [-0.39, 0.29) is 29.3 Å². The predicted molar refractivity (Wildman–Crippen MR) is 82.5 cm³/mol. The topological polar surface area (TPSA) is 75.4 Å². The van der Waals surface area contributed by atoms with Gasteiger partial charge in [0.15, 0.2) is 0 Å². The van der Waals surface area contributed by atoms with E-state index < -0.39 is 0 Å². The highest BCUT2D eigenvalue weighted by molar-refractivity contribution is 5.87. The van der Waals surface area contributed by atoms with Crippen LogP contribution < -0.4 is 11.1 Å². The van der Waals surface area contributed by atoms with Crippen LogP contribution >= 0.6 is 0 Å². The highest BCUT2D eigenvalue weighted by Gasteiger charge is 2.40. The Morgan fingerprint density at radius 1 is 1.24 bits per heavy atom. The lowest BCUT2D eigenvalue weighted by molar-refractivity contribution is -0.140. The molecule has 2 rings (SSSR count). The molecule has 1 saturated heterocycles. The summed E-state index contributed by atoms with van der Waals surface area (Å²) in [6, 6.07) is -0.220. The maximum absolute atomic E-state index is 12.9. The van der Waals surface area contributed by atoms with Gasteiger partial charge in [-0.25, -0.2) is 0 Å². The highest BCUT2D eigenvalue weighted by atomic mass is 16.2. The van der Waals surface area contributed by atoms with Gasteiger partial charge in [-0.1, -0.05) is 26.7 Å². The summed E-state index contributed by atoms with van der Waals surface area (Å²) in [5, 5.41) is 2.90. The standard InChI is InChI=1S/C16H29N3O2/c1-11(20)18-14(12-6-4-5-7-12)15(21)19-9-8-13(17)16(2,3)10-19/h12-14H,4-10,17H2,1-3H3,(H,18,20). The number of hydrogen-bond acceptors (Lipinski definition) is 3. The third-order valence-corrected chi connectivity index (χ3v) is 5.12. The molecule has 2 aliphatic rings. The molecule has 0 aromatic heterocycles. The number of piperidine rings is 1. The van der Waals surface area contributed by atoms with Crippen molar-refractivity contribution < 1.29 is 9.59 Å². The molecule has 120 valence electrons. The fourth-order valence-electron chi connectivity index (χ4n) is 3.65. The second-order valence-corrected chi connectivity index (χ2v) is 7.37. The van der Waals surface area contributed by atoms with E-state index in [0.717, 1.165) is 32.1 Å². The molecule has 0 radical (unpaired) electrons. The van der Waals surface area contributed by atoms with Gasteiger partial charge < -0.3 is 16.0 Å². The first-order chi connectivity index (χ1) is 9.81. The maximum atomic E-state index is 12.9. The van der Waals surface area contributed by atoms with Crippen LogP contribution in [0.3, 0.4) is 0 Å². The second kappa shape index (κ2) is 6.34. The fourth-order valence-corrected chi connectivity index (χ4v) is 3.65. The number of nitrogens with zero attached hydrogens (tertiary/aromatic N) is 1. The summed E-state index contributed by atoms with van der Waals surface area (Å²) in [7, 11) is 0. The van der Waals surface area contributed by atoms with Gasteiger partial charge in [0, 0.05) is 26.1 Å². The van der Waals surface area contributed by atoms with Crippen LogP contribution in [0.25, 0.3) is 0 Å². The molecule has 0 aromatic rings. The van der Waals surface area contributed by atoms with E-state index in [2.05, 4.69) is 19.2 Å². The van der Waals surface area contributed by atoms with Crippen LogP contribution in [-0.2, 0) is 9.59 Å². The summed E-state index contributed by atoms with van der Waals surface area (Å²) < 4.78 is 0. The van der Waals surface area contributed by atoms with Crippen molar-refractivity contribution in [3.63, 3.8) is 0 Å². The van der Waals surface area contributed by atoms with Gasteiger partial charge in [0.05, 0.1) is 0 Å². The molecule has 1 aliphatic heterocycles. The van der Waals surface area contributed by atoms with E-state index in [1.54, 1.807) is 0 Å². The quantitative estimate of drug-likeness (QED) is 0.823. The van der Waals surface area contributed by atoms with Gasteiger partial charge in [-0.3, -0.25) is 9.59 Å². The van der Waals surface area contributed by atoms with Crippen molar-refractivity contribution in [1.29, 1.82) is 0 Å². The zero-order valence-corrected chi connectivity index (χ0v) is 13.5. The van der Waals surface area contributed by atoms with Gasteiger partial charge in [0.2, 0.25) is 11.8 Å². The number of carbonyl (C=O) groups excluding carboxylic acids is 2. The third-order valence-electron chi connectivity index (χ3n) is 5.12. The molecule has 2 atom stereocenters. The van der Waals surface area contributed by atoms with Gasteiger partial charge in [-0.05, 0) is 30.6 Å². The number of hydrogen-bond donors (Lipinski definition) is 2. The molecule has 2 amide bonds. The molecule has 2 fully saturated rings. The van der Waals surface area contributed by atoms with Crippen LogP contribution in [0.4, 0.5) is 0 Å². The average molecular weight is 295 g/mol. The molecule has 1 aliphatic carbocycles. The van der Waals surface area contributed by atoms with Crippen molar-refractivity contribution in [2.75, 3.05) is 13.1 Å². The van der Waals surface area contributed by atoms with Gasteiger partial charge in [0.1, 0.15) is 6.04 Å². The number of rotatable bonds is 3. The minimum Gasteiger partial charge on any atom is -0.344 e. The van der Waals surface area contributed by atoms with Crippen LogP contribution in [0.2, 0.25) is 0 Å². The van der Waals surface area contributed by atoms with E-state index >= 15 is 0 Å². The molecule has 1 saturated carbocycles. The van der Waals surface area contributed by atoms with E-state index in [1.807, 2.05) is 4.90 Å². The van der Waals surface area contributed by atoms with Crippen molar-refractivity contribution in [1.82, 2.24) is 10.2 Å². The molecule has 0 bridgehead atoms. The summed E-state index contributed by atoms with van der Waals surface area (Å²) in [6.45, 7) is 7.09. The number of amides is 2. The smallest absolute Gasteiger partial charge is 0.245 e. The van der Waals surface area contributed by atoms with Gasteiger partial charge in [0.25, 0.3) is 0 Å². The Hall–Kier alpha value is -1.10. The number of nitrogens with one attached hydrogen (secondary N) is 1. The molecule has 2 unspecified atom stereocenters. The zero-order chi connectivity index (χ0) is 15.6. The first kappa shape index (κ1) is 16.3. The molecule has 5 nitrogen and oxygen atoms in total. The summed E-state index contributed by atoms with van der Waals surface area (Å²) in [4.78, 5) is 26.3. The molecule has 3 N–H and O–H groups in total. The third kappa shape index (κ3) is 3.76. The van der Waals surface area contributed by atoms with Crippen LogP contribution in [0.5, 0.6) is 0 Å². The first-order valence-corrected chi connectivity index (χ1v) is 8.13. The average Bonchev–Trinajstić information content (AvgIpc) is 2.92. The van der Waals surface area contributed by atoms with Crippen LogP contribution in [-0.4, -0.2) is 41.9 Å². The SMILES string of the molecule is CC(=O)NC(C(=O)N1CCC(N)C(C)(C)C1)C1CCCC1. The lowest BCUT2D eigenvalue weighted by atomic mass is 9.79. The summed E-state index contributed by atoms with van der Waals surface area (Å²) in [5.74, 6) is 0.255. The Balaban J connectivity index is 2.08. The lowest BCUT2D eigenvalue weighted by Gasteiger charge is -2.44. The molecule has 0 aromatic carbocycles. The minimum atomic E-state index is -0.352. The number of nitrogens with two attached hydrogens (primary N) is 1. The van der Waals surface area contributed by atoms with Crippen molar-refractivity contribution in [3.05, 3.63) is 0 Å². The first-order valence-electron chi connectivity index (χ1n) is 8.13. The van der Waals surface area contributed by atoms with E-state index in [0.29, 0.717) is 19.0 Å². The van der Waals surface area contributed by atoms with Crippen molar-refractivity contribution in [2.24, 2.45) is 17.1 Å².